The second-order valence-electron chi connectivity index (χ2n) is 4.37. The van der Waals surface area contributed by atoms with Crippen molar-refractivity contribution in [3.8, 4) is 23.0 Å². The Morgan fingerprint density at radius 2 is 1.24 bits per heavy atom. The molecule has 0 atom stereocenters. The minimum atomic E-state index is -0.717. The number of phenolic OH excluding ortho intramolecular Hbond substituents is 4. The van der Waals surface area contributed by atoms with Gasteiger partial charge in [0.05, 0.1) is 0 Å². The number of rotatable bonds is 3. The molecule has 0 aliphatic heterocycles. The van der Waals surface area contributed by atoms with Crippen molar-refractivity contribution in [3.63, 3.8) is 0 Å². The molecular formula is C15H13NO5. The van der Waals surface area contributed by atoms with Crippen LogP contribution < -0.4 is 5.73 Å². The zero-order valence-corrected chi connectivity index (χ0v) is 10.8. The van der Waals surface area contributed by atoms with Crippen LogP contribution in [0.3, 0.4) is 0 Å². The molecule has 0 unspecified atom stereocenters. The van der Waals surface area contributed by atoms with Gasteiger partial charge < -0.3 is 26.2 Å². The van der Waals surface area contributed by atoms with Crippen LogP contribution in [0.5, 0.6) is 23.0 Å². The van der Waals surface area contributed by atoms with Crippen LogP contribution >= 0.6 is 0 Å². The Labute approximate surface area is 120 Å². The van der Waals surface area contributed by atoms with Crippen LogP contribution in [0.2, 0.25) is 0 Å². The predicted molar refractivity (Wildman–Crippen MR) is 75.8 cm³/mol. The molecule has 0 fully saturated rings. The molecule has 0 saturated heterocycles. The van der Waals surface area contributed by atoms with Gasteiger partial charge in [-0.2, -0.15) is 0 Å². The highest BCUT2D eigenvalue weighted by atomic mass is 16.3. The van der Waals surface area contributed by atoms with Crippen LogP contribution in [0.25, 0.3) is 5.57 Å². The van der Waals surface area contributed by atoms with Gasteiger partial charge in [0.1, 0.15) is 0 Å². The van der Waals surface area contributed by atoms with Crippen LogP contribution in [-0.4, -0.2) is 26.3 Å². The molecule has 21 heavy (non-hydrogen) atoms. The van der Waals surface area contributed by atoms with E-state index < -0.39 is 5.91 Å². The number of hydrogen-bond donors (Lipinski definition) is 5. The summed E-state index contributed by atoms with van der Waals surface area (Å²) in [5.74, 6) is -2.03. The smallest absolute Gasteiger partial charge is 0.242 e. The Kier molecular flexibility index (Phi) is 3.71. The molecule has 2 aromatic carbocycles. The van der Waals surface area contributed by atoms with Gasteiger partial charge in [-0.05, 0) is 41.0 Å². The molecule has 0 aliphatic rings. The van der Waals surface area contributed by atoms with Crippen molar-refractivity contribution in [1.82, 2.24) is 0 Å². The standard InChI is InChI=1S/C15H13NO5/c16-15(21)7-10(8-1-3-11(17)13(19)5-8)9-2-4-12(18)14(20)6-9/h1-7,17-20H,(H2,16,21). The summed E-state index contributed by atoms with van der Waals surface area (Å²) in [4.78, 5) is 11.2. The lowest BCUT2D eigenvalue weighted by Gasteiger charge is -2.10. The summed E-state index contributed by atoms with van der Waals surface area (Å²) in [6.07, 6.45) is 1.12. The predicted octanol–water partition coefficient (Wildman–Crippen LogP) is 1.43. The highest BCUT2D eigenvalue weighted by Crippen LogP contribution is 2.34. The fourth-order valence-electron chi connectivity index (χ4n) is 1.86. The van der Waals surface area contributed by atoms with E-state index in [0.717, 1.165) is 6.08 Å². The number of primary amides is 1. The lowest BCUT2D eigenvalue weighted by Crippen LogP contribution is -2.07. The van der Waals surface area contributed by atoms with Gasteiger partial charge in [0, 0.05) is 6.08 Å². The van der Waals surface area contributed by atoms with E-state index in [0.29, 0.717) is 16.7 Å². The lowest BCUT2D eigenvalue weighted by atomic mass is 9.96. The molecular weight excluding hydrogens is 274 g/mol. The number of nitrogens with two attached hydrogens (primary N) is 1. The van der Waals surface area contributed by atoms with Crippen LogP contribution in [0, 0.1) is 0 Å². The van der Waals surface area contributed by atoms with Crippen LogP contribution in [-0.2, 0) is 4.79 Å². The van der Waals surface area contributed by atoms with Crippen LogP contribution in [0.1, 0.15) is 11.1 Å². The van der Waals surface area contributed by atoms with Crippen molar-refractivity contribution in [2.75, 3.05) is 0 Å². The van der Waals surface area contributed by atoms with Gasteiger partial charge >= 0.3 is 0 Å². The molecule has 0 saturated carbocycles. The second-order valence-corrected chi connectivity index (χ2v) is 4.37. The molecule has 0 radical (unpaired) electrons. The molecule has 108 valence electrons. The molecule has 0 bridgehead atoms. The summed E-state index contributed by atoms with van der Waals surface area (Å²) in [6, 6.07) is 8.00. The molecule has 0 heterocycles. The normalized spacial score (nSPS) is 10.1. The minimum absolute atomic E-state index is 0.300. The van der Waals surface area contributed by atoms with Crippen molar-refractivity contribution in [1.29, 1.82) is 0 Å². The maximum Gasteiger partial charge on any atom is 0.242 e. The third kappa shape index (κ3) is 3.06. The Bertz CT molecular complexity index is 683. The summed E-state index contributed by atoms with van der Waals surface area (Å²) < 4.78 is 0. The first-order valence-electron chi connectivity index (χ1n) is 5.94. The maximum atomic E-state index is 11.2. The van der Waals surface area contributed by atoms with Crippen molar-refractivity contribution < 1.29 is 25.2 Å². The van der Waals surface area contributed by atoms with Crippen LogP contribution in [0.4, 0.5) is 0 Å². The van der Waals surface area contributed by atoms with E-state index in [9.17, 15) is 25.2 Å². The molecule has 0 aliphatic carbocycles. The van der Waals surface area contributed by atoms with Crippen molar-refractivity contribution in [2.45, 2.75) is 0 Å². The molecule has 6 N–H and O–H groups in total. The molecule has 1 amide bonds. The van der Waals surface area contributed by atoms with E-state index in [2.05, 4.69) is 0 Å². The van der Waals surface area contributed by atoms with E-state index in [1.165, 1.54) is 36.4 Å². The molecule has 2 aromatic rings. The van der Waals surface area contributed by atoms with Gasteiger partial charge in [0.15, 0.2) is 23.0 Å². The van der Waals surface area contributed by atoms with Gasteiger partial charge in [0.2, 0.25) is 5.91 Å². The number of hydrogen-bond acceptors (Lipinski definition) is 5. The largest absolute Gasteiger partial charge is 0.504 e. The number of phenols is 4. The Balaban J connectivity index is 2.60. The summed E-state index contributed by atoms with van der Waals surface area (Å²) in [7, 11) is 0. The highest BCUT2D eigenvalue weighted by molar-refractivity contribution is 5.98. The van der Waals surface area contributed by atoms with Crippen molar-refractivity contribution in [2.24, 2.45) is 5.73 Å². The van der Waals surface area contributed by atoms with Gasteiger partial charge in [-0.1, -0.05) is 12.1 Å². The topological polar surface area (TPSA) is 124 Å². The van der Waals surface area contributed by atoms with E-state index in [1.54, 1.807) is 0 Å². The van der Waals surface area contributed by atoms with E-state index in [4.69, 9.17) is 5.73 Å². The molecule has 6 nitrogen and oxygen atoms in total. The van der Waals surface area contributed by atoms with Gasteiger partial charge in [-0.25, -0.2) is 0 Å². The zero-order chi connectivity index (χ0) is 15.6. The molecule has 0 aromatic heterocycles. The first-order valence-corrected chi connectivity index (χ1v) is 5.94. The Morgan fingerprint density at radius 1 is 0.810 bits per heavy atom. The molecule has 6 heteroatoms. The first kappa shape index (κ1) is 14.3. The molecule has 0 spiro atoms. The number of amides is 1. The average Bonchev–Trinajstić information content (AvgIpc) is 2.42. The second kappa shape index (κ2) is 5.46. The number of carbonyl (C=O) groups excluding carboxylic acids is 1. The number of aromatic hydroxyl groups is 4. The summed E-state index contributed by atoms with van der Waals surface area (Å²) in [5, 5.41) is 37.7. The van der Waals surface area contributed by atoms with Gasteiger partial charge in [-0.15, -0.1) is 0 Å². The fourth-order valence-corrected chi connectivity index (χ4v) is 1.86. The third-order valence-electron chi connectivity index (χ3n) is 2.86. The third-order valence-corrected chi connectivity index (χ3v) is 2.86. The lowest BCUT2D eigenvalue weighted by molar-refractivity contribution is -0.113. The zero-order valence-electron chi connectivity index (χ0n) is 10.8. The van der Waals surface area contributed by atoms with Crippen LogP contribution in [0.15, 0.2) is 42.5 Å². The number of carbonyl (C=O) groups is 1. The van der Waals surface area contributed by atoms with Crippen molar-refractivity contribution >= 4 is 11.5 Å². The SMILES string of the molecule is NC(=O)C=C(c1ccc(O)c(O)c1)c1ccc(O)c(O)c1. The first-order chi connectivity index (χ1) is 9.88. The highest BCUT2D eigenvalue weighted by Gasteiger charge is 2.11. The summed E-state index contributed by atoms with van der Waals surface area (Å²) in [6.45, 7) is 0. The quantitative estimate of drug-likeness (QED) is 0.431. The maximum absolute atomic E-state index is 11.2. The summed E-state index contributed by atoms with van der Waals surface area (Å²) >= 11 is 0. The fraction of sp³-hybridized carbons (Fsp3) is 0. The average molecular weight is 287 g/mol. The van der Waals surface area contributed by atoms with Crippen molar-refractivity contribution in [3.05, 3.63) is 53.6 Å². The minimum Gasteiger partial charge on any atom is -0.504 e. The van der Waals surface area contributed by atoms with E-state index in [1.807, 2.05) is 0 Å². The van der Waals surface area contributed by atoms with Gasteiger partial charge in [-0.3, -0.25) is 4.79 Å². The Morgan fingerprint density at radius 3 is 1.57 bits per heavy atom. The number of benzene rings is 2. The van der Waals surface area contributed by atoms with E-state index >= 15 is 0 Å². The monoisotopic (exact) mass is 287 g/mol. The Hall–Kier alpha value is -3.15. The molecule has 2 rings (SSSR count). The van der Waals surface area contributed by atoms with E-state index in [-0.39, 0.29) is 23.0 Å². The summed E-state index contributed by atoms with van der Waals surface area (Å²) in [5.41, 5.74) is 6.31. The van der Waals surface area contributed by atoms with Gasteiger partial charge in [0.25, 0.3) is 0 Å².